The topological polar surface area (TPSA) is 275 Å². The van der Waals surface area contributed by atoms with E-state index in [1.54, 1.807) is 133 Å². The van der Waals surface area contributed by atoms with Crippen molar-refractivity contribution < 1.29 is 23.9 Å². The van der Waals surface area contributed by atoms with Gasteiger partial charge in [-0.2, -0.15) is 19.6 Å². The molecule has 74 heavy (non-hydrogen) atoms. The fraction of sp³-hybridized carbons (Fsp3) is 0.340. The number of amides is 2. The minimum atomic E-state index is -1.09. The fourth-order valence-electron chi connectivity index (χ4n) is 9.12. The number of nitrogens with zero attached hydrogens (tertiary/aromatic N) is 18. The lowest BCUT2D eigenvalue weighted by molar-refractivity contribution is -0.0374. The molecule has 0 spiro atoms. The summed E-state index contributed by atoms with van der Waals surface area (Å²) < 4.78 is 17.2. The average Bonchev–Trinajstić information content (AvgIpc) is 4.25. The lowest BCUT2D eigenvalue weighted by Gasteiger charge is -2.34. The van der Waals surface area contributed by atoms with Gasteiger partial charge in [0.2, 0.25) is 11.6 Å². The number of carbonyl (C=O) groups is 3. The molecule has 2 amide bonds. The van der Waals surface area contributed by atoms with E-state index in [9.17, 15) is 14.4 Å². The molecule has 10 heterocycles. The third-order valence-electron chi connectivity index (χ3n) is 12.7. The van der Waals surface area contributed by atoms with Gasteiger partial charge in [0, 0.05) is 74.2 Å². The van der Waals surface area contributed by atoms with Crippen LogP contribution in [0.15, 0.2) is 85.7 Å². The molecule has 0 bridgehead atoms. The maximum absolute atomic E-state index is 14.1. The second-order valence-electron chi connectivity index (χ2n) is 17.5. The van der Waals surface area contributed by atoms with Crippen LogP contribution in [0.3, 0.4) is 0 Å². The van der Waals surface area contributed by atoms with Crippen LogP contribution in [0.2, 0.25) is 10.0 Å². The first-order chi connectivity index (χ1) is 36.0. The molecule has 2 aliphatic heterocycles. The zero-order chi connectivity index (χ0) is 51.5. The van der Waals surface area contributed by atoms with E-state index in [0.717, 1.165) is 38.8 Å². The Labute approximate surface area is 432 Å². The molecule has 0 aliphatic carbocycles. The number of piperidine rings is 2. The summed E-state index contributed by atoms with van der Waals surface area (Å²) >= 11 is 13.1. The molecule has 2 N–H and O–H groups in total. The molecule has 8 aromatic heterocycles. The van der Waals surface area contributed by atoms with Crippen LogP contribution in [0.5, 0.6) is 0 Å². The summed E-state index contributed by atoms with van der Waals surface area (Å²) in [5.41, 5.74) is 3.73. The first-order valence-electron chi connectivity index (χ1n) is 23.7. The Morgan fingerprint density at radius 3 is 1.46 bits per heavy atom. The monoisotopic (exact) mass is 1040 g/mol. The molecular weight excluding hydrogens is 996 g/mol. The first-order valence-corrected chi connectivity index (χ1v) is 24.4. The number of rotatable bonds is 14. The predicted octanol–water partition coefficient (Wildman–Crippen LogP) is 5.37. The summed E-state index contributed by atoms with van der Waals surface area (Å²) in [5.74, 6) is 0.471. The number of tetrazole rings is 2. The van der Waals surface area contributed by atoms with Crippen molar-refractivity contribution >= 4 is 52.8 Å². The summed E-state index contributed by atoms with van der Waals surface area (Å²) in [4.78, 5) is 63.0. The molecule has 380 valence electrons. The van der Waals surface area contributed by atoms with Gasteiger partial charge in [0.1, 0.15) is 22.8 Å². The molecule has 25 nitrogen and oxygen atoms in total. The van der Waals surface area contributed by atoms with E-state index in [-0.39, 0.29) is 46.9 Å². The van der Waals surface area contributed by atoms with Crippen molar-refractivity contribution in [2.24, 2.45) is 14.1 Å². The summed E-state index contributed by atoms with van der Waals surface area (Å²) in [6.07, 6.45) is 9.66. The molecule has 8 aromatic rings. The quantitative estimate of drug-likeness (QED) is 0.130. The van der Waals surface area contributed by atoms with Crippen LogP contribution in [-0.4, -0.2) is 136 Å². The van der Waals surface area contributed by atoms with E-state index in [0.29, 0.717) is 68.4 Å². The van der Waals surface area contributed by atoms with Crippen molar-refractivity contribution in [1.29, 1.82) is 0 Å². The van der Waals surface area contributed by atoms with E-state index in [4.69, 9.17) is 32.7 Å². The maximum atomic E-state index is 14.1. The number of anilines is 2. The van der Waals surface area contributed by atoms with Crippen LogP contribution in [0, 0.1) is 0 Å². The SMILES string of the molecule is C[C@H](OC(=O)O[C@@H](C)n1nnnc1-c1c(-c2ccc(C(=O)N(c3ncccc3Cl)[C@@H]3CCCNC3)nc2)cnn1C)n1nnnc1-c1c(-c2ccc(C(=O)N(c3ncccc3Cl)[C@@H]3CCCNC3)nc2)cnn1C. The third kappa shape index (κ3) is 9.88. The second kappa shape index (κ2) is 21.5. The summed E-state index contributed by atoms with van der Waals surface area (Å²) in [5, 5.41) is 41.0. The zero-order valence-corrected chi connectivity index (χ0v) is 41.9. The standard InChI is InChI=1S/C47H48Cl2N20O5/c1-27(68-43(58-60-62-68)39-33(25-56-64(39)3)29-13-15-37(54-21-29)45(70)66(31-9-5-17-50-23-31)41-35(48)11-7-19-52-41)73-47(72)74-28(2)69-44(59-61-63-69)40-34(26-57-65(40)4)30-14-16-38(55-22-30)46(71)67(32-10-6-18-51-24-32)42-36(49)12-8-20-53-42/h7-8,11-16,19-22,25-28,31-32,50-51H,5-6,9-10,17-18,23-24H2,1-4H3/t27-,28-,31+,32+/m0/s1. The number of aryl methyl sites for hydroxylation is 2. The number of pyridine rings is 4. The number of aromatic nitrogens is 16. The third-order valence-corrected chi connectivity index (χ3v) is 13.3. The highest BCUT2D eigenvalue weighted by Crippen LogP contribution is 2.35. The van der Waals surface area contributed by atoms with Crippen LogP contribution in [-0.2, 0) is 23.6 Å². The smallest absolute Gasteiger partial charge is 0.408 e. The first kappa shape index (κ1) is 49.4. The normalized spacial score (nSPS) is 16.6. The Hall–Kier alpha value is -8.13. The van der Waals surface area contributed by atoms with E-state index in [1.807, 2.05) is 0 Å². The summed E-state index contributed by atoms with van der Waals surface area (Å²) in [7, 11) is 3.43. The van der Waals surface area contributed by atoms with Crippen LogP contribution in [0.1, 0.15) is 73.0 Å². The van der Waals surface area contributed by atoms with Gasteiger partial charge in [-0.25, -0.2) is 14.8 Å². The predicted molar refractivity (Wildman–Crippen MR) is 267 cm³/mol. The van der Waals surface area contributed by atoms with E-state index in [1.165, 1.54) is 9.36 Å². The van der Waals surface area contributed by atoms with Crippen LogP contribution in [0.25, 0.3) is 45.3 Å². The minimum absolute atomic E-state index is 0.174. The number of hydrogen-bond donors (Lipinski definition) is 2. The number of carbonyl (C=O) groups excluding carboxylic acids is 3. The van der Waals surface area contributed by atoms with Crippen molar-refractivity contribution in [2.45, 2.75) is 64.1 Å². The zero-order valence-electron chi connectivity index (χ0n) is 40.4. The molecule has 0 radical (unpaired) electrons. The molecule has 0 aromatic carbocycles. The molecule has 2 saturated heterocycles. The minimum Gasteiger partial charge on any atom is -0.408 e. The van der Waals surface area contributed by atoms with E-state index >= 15 is 0 Å². The molecular formula is C47H48Cl2N20O5. The lowest BCUT2D eigenvalue weighted by atomic mass is 10.0. The van der Waals surface area contributed by atoms with E-state index < -0.39 is 18.6 Å². The second-order valence-corrected chi connectivity index (χ2v) is 18.3. The number of halogens is 2. The summed E-state index contributed by atoms with van der Waals surface area (Å²) in [6, 6.07) is 13.3. The van der Waals surface area contributed by atoms with Crippen LogP contribution in [0.4, 0.5) is 16.4 Å². The average molecular weight is 1040 g/mol. The van der Waals surface area contributed by atoms with Gasteiger partial charge in [-0.1, -0.05) is 35.3 Å². The fourth-order valence-corrected chi connectivity index (χ4v) is 9.54. The van der Waals surface area contributed by atoms with Gasteiger partial charge >= 0.3 is 6.16 Å². The number of hydrogen-bond acceptors (Lipinski definition) is 19. The summed E-state index contributed by atoms with van der Waals surface area (Å²) in [6.45, 7) is 6.03. The van der Waals surface area contributed by atoms with Crippen molar-refractivity contribution in [3.05, 3.63) is 107 Å². The van der Waals surface area contributed by atoms with Crippen molar-refractivity contribution in [3.63, 3.8) is 0 Å². The van der Waals surface area contributed by atoms with Crippen molar-refractivity contribution in [2.75, 3.05) is 36.0 Å². The largest absolute Gasteiger partial charge is 0.512 e. The lowest BCUT2D eigenvalue weighted by Crippen LogP contribution is -2.49. The van der Waals surface area contributed by atoms with Gasteiger partial charge in [-0.15, -0.1) is 10.2 Å². The highest BCUT2D eigenvalue weighted by Gasteiger charge is 2.34. The Morgan fingerprint density at radius 1 is 0.635 bits per heavy atom. The molecule has 4 atom stereocenters. The molecule has 0 saturated carbocycles. The molecule has 10 rings (SSSR count). The molecule has 0 unspecified atom stereocenters. The molecule has 2 aliphatic rings. The molecule has 2 fully saturated rings. The number of nitrogens with one attached hydrogen (secondary N) is 2. The van der Waals surface area contributed by atoms with Gasteiger partial charge < -0.3 is 20.1 Å². The Morgan fingerprint density at radius 2 is 1.08 bits per heavy atom. The van der Waals surface area contributed by atoms with Gasteiger partial charge in [-0.05, 0) is 110 Å². The van der Waals surface area contributed by atoms with Gasteiger partial charge in [-0.3, -0.25) is 38.7 Å². The van der Waals surface area contributed by atoms with Crippen LogP contribution < -0.4 is 20.4 Å². The maximum Gasteiger partial charge on any atom is 0.512 e. The van der Waals surface area contributed by atoms with Crippen molar-refractivity contribution in [1.82, 2.24) is 90.5 Å². The van der Waals surface area contributed by atoms with Crippen LogP contribution >= 0.6 is 23.2 Å². The highest BCUT2D eigenvalue weighted by molar-refractivity contribution is 6.34. The number of ether oxygens (including phenoxy) is 2. The Kier molecular flexibility index (Phi) is 14.4. The molecule has 27 heteroatoms. The highest BCUT2D eigenvalue weighted by atomic mass is 35.5. The Bertz CT molecular complexity index is 3080. The Balaban J connectivity index is 0.827. The van der Waals surface area contributed by atoms with Crippen molar-refractivity contribution in [3.8, 4) is 45.3 Å². The van der Waals surface area contributed by atoms with E-state index in [2.05, 4.69) is 71.8 Å². The van der Waals surface area contributed by atoms with Gasteiger partial charge in [0.15, 0.2) is 24.1 Å². The van der Waals surface area contributed by atoms with Gasteiger partial charge in [0.25, 0.3) is 11.8 Å². The van der Waals surface area contributed by atoms with Gasteiger partial charge in [0.05, 0.1) is 34.5 Å².